The zero-order chi connectivity index (χ0) is 19.1. The summed E-state index contributed by atoms with van der Waals surface area (Å²) < 4.78 is 10.4. The van der Waals surface area contributed by atoms with Gasteiger partial charge in [-0.2, -0.15) is 0 Å². The van der Waals surface area contributed by atoms with Gasteiger partial charge in [0.05, 0.1) is 36.0 Å². The topological polar surface area (TPSA) is 99.0 Å². The van der Waals surface area contributed by atoms with Gasteiger partial charge in [0.25, 0.3) is 0 Å². The van der Waals surface area contributed by atoms with E-state index in [1.54, 1.807) is 18.2 Å². The Balaban J connectivity index is 2.03. The second-order valence-electron chi connectivity index (χ2n) is 5.49. The van der Waals surface area contributed by atoms with E-state index in [2.05, 4.69) is 28.9 Å². The highest BCUT2D eigenvalue weighted by Crippen LogP contribution is 2.27. The van der Waals surface area contributed by atoms with E-state index < -0.39 is 17.8 Å². The lowest BCUT2D eigenvalue weighted by molar-refractivity contribution is -0.896. The second kappa shape index (κ2) is 9.25. The molecule has 26 heavy (non-hydrogen) atoms. The summed E-state index contributed by atoms with van der Waals surface area (Å²) in [6.07, 6.45) is 0. The van der Waals surface area contributed by atoms with Crippen LogP contribution in [0.4, 0.5) is 5.13 Å². The number of carbonyl (C=O) groups is 3. The quantitative estimate of drug-likeness (QED) is 0.536. The van der Waals surface area contributed by atoms with Crippen molar-refractivity contribution in [1.82, 2.24) is 4.98 Å². The molecule has 0 saturated heterocycles. The van der Waals surface area contributed by atoms with Gasteiger partial charge in [-0.1, -0.05) is 11.3 Å². The van der Waals surface area contributed by atoms with Crippen LogP contribution >= 0.6 is 11.3 Å². The molecular weight excluding hydrogens is 358 g/mol. The molecule has 0 spiro atoms. The van der Waals surface area contributed by atoms with Crippen LogP contribution in [0.25, 0.3) is 10.2 Å². The summed E-state index contributed by atoms with van der Waals surface area (Å²) in [4.78, 5) is 40.4. The number of anilines is 1. The van der Waals surface area contributed by atoms with Gasteiger partial charge in [-0.25, -0.2) is 14.6 Å². The molecule has 1 aromatic carbocycles. The summed E-state index contributed by atoms with van der Waals surface area (Å²) in [6, 6.07) is 4.96. The number of aromatic nitrogens is 1. The number of nitrogens with zero attached hydrogens (tertiary/aromatic N) is 1. The monoisotopic (exact) mass is 380 g/mol. The van der Waals surface area contributed by atoms with Crippen LogP contribution in [0, 0.1) is 0 Å². The first-order valence-electron chi connectivity index (χ1n) is 8.29. The van der Waals surface area contributed by atoms with E-state index in [0.29, 0.717) is 22.4 Å². The Morgan fingerprint density at radius 2 is 1.96 bits per heavy atom. The van der Waals surface area contributed by atoms with Crippen LogP contribution in [-0.2, 0) is 19.1 Å². The Kier molecular flexibility index (Phi) is 7.05. The van der Waals surface area contributed by atoms with Crippen LogP contribution in [0.3, 0.4) is 0 Å². The summed E-state index contributed by atoms with van der Waals surface area (Å²) in [5, 5.41) is 2.62. The maximum atomic E-state index is 12.2. The molecule has 2 rings (SSSR count). The van der Waals surface area contributed by atoms with Gasteiger partial charge in [-0.05, 0) is 32.0 Å². The van der Waals surface area contributed by atoms with E-state index >= 15 is 0 Å². The van der Waals surface area contributed by atoms with Gasteiger partial charge in [0, 0.05) is 0 Å². The van der Waals surface area contributed by atoms with Crippen molar-refractivity contribution in [1.29, 1.82) is 0 Å². The SMILES string of the molecule is CC[NH+](CC)CCOC(=O)c1ccc2nc(NC(=O)C(=O)OC)sc2c1. The first-order chi connectivity index (χ1) is 12.5. The number of likely N-dealkylation sites (N-methyl/N-ethyl adjacent to an activating group) is 1. The molecule has 2 aromatic rings. The largest absolute Gasteiger partial charge is 0.462 e. The first kappa shape index (κ1) is 19.8. The number of quaternary nitrogens is 1. The number of esters is 2. The van der Waals surface area contributed by atoms with Crippen molar-refractivity contribution >= 4 is 44.5 Å². The van der Waals surface area contributed by atoms with Gasteiger partial charge in [0.1, 0.15) is 13.2 Å². The third-order valence-electron chi connectivity index (χ3n) is 3.90. The fourth-order valence-electron chi connectivity index (χ4n) is 2.32. The number of ether oxygens (including phenoxy) is 2. The normalized spacial score (nSPS) is 10.8. The molecule has 0 unspecified atom stereocenters. The Hall–Kier alpha value is -2.52. The Morgan fingerprint density at radius 3 is 2.62 bits per heavy atom. The van der Waals surface area contributed by atoms with Gasteiger partial charge >= 0.3 is 17.8 Å². The highest BCUT2D eigenvalue weighted by atomic mass is 32.1. The number of benzene rings is 1. The van der Waals surface area contributed by atoms with Crippen molar-refractivity contribution < 1.29 is 28.8 Å². The molecule has 0 fully saturated rings. The average molecular weight is 380 g/mol. The fourth-order valence-corrected chi connectivity index (χ4v) is 3.22. The lowest BCUT2D eigenvalue weighted by atomic mass is 10.2. The smallest absolute Gasteiger partial charge is 0.396 e. The second-order valence-corrected chi connectivity index (χ2v) is 6.52. The van der Waals surface area contributed by atoms with Crippen LogP contribution in [0.2, 0.25) is 0 Å². The molecule has 0 aliphatic carbocycles. The van der Waals surface area contributed by atoms with Gasteiger partial charge in [-0.15, -0.1) is 0 Å². The molecule has 8 nitrogen and oxygen atoms in total. The van der Waals surface area contributed by atoms with E-state index in [0.717, 1.165) is 38.1 Å². The van der Waals surface area contributed by atoms with E-state index in [1.807, 2.05) is 0 Å². The summed E-state index contributed by atoms with van der Waals surface area (Å²) in [6.45, 7) is 7.29. The number of methoxy groups -OCH3 is 1. The molecular formula is C17H22N3O5S+. The average Bonchev–Trinajstić information content (AvgIpc) is 3.05. The van der Waals surface area contributed by atoms with Crippen LogP contribution in [0.5, 0.6) is 0 Å². The Bertz CT molecular complexity index is 801. The summed E-state index contributed by atoms with van der Waals surface area (Å²) >= 11 is 1.16. The third kappa shape index (κ3) is 4.99. The van der Waals surface area contributed by atoms with Crippen molar-refractivity contribution in [3.05, 3.63) is 23.8 Å². The number of hydrogen-bond donors (Lipinski definition) is 2. The highest BCUT2D eigenvalue weighted by molar-refractivity contribution is 7.22. The number of hydrogen-bond acceptors (Lipinski definition) is 7. The summed E-state index contributed by atoms with van der Waals surface area (Å²) in [7, 11) is 1.12. The first-order valence-corrected chi connectivity index (χ1v) is 9.10. The molecule has 0 radical (unpaired) electrons. The van der Waals surface area contributed by atoms with Gasteiger partial charge in [0.2, 0.25) is 0 Å². The maximum absolute atomic E-state index is 12.2. The van der Waals surface area contributed by atoms with Crippen LogP contribution in [0.15, 0.2) is 18.2 Å². The lowest BCUT2D eigenvalue weighted by Crippen LogP contribution is -3.11. The van der Waals surface area contributed by atoms with Crippen molar-refractivity contribution in [2.45, 2.75) is 13.8 Å². The van der Waals surface area contributed by atoms with Crippen LogP contribution in [0.1, 0.15) is 24.2 Å². The zero-order valence-corrected chi connectivity index (χ0v) is 15.8. The molecule has 0 aliphatic rings. The Morgan fingerprint density at radius 1 is 1.23 bits per heavy atom. The Labute approximate surface area is 155 Å². The molecule has 1 amide bonds. The molecule has 9 heteroatoms. The number of thiazole rings is 1. The zero-order valence-electron chi connectivity index (χ0n) is 15.0. The lowest BCUT2D eigenvalue weighted by Gasteiger charge is -2.14. The van der Waals surface area contributed by atoms with Gasteiger partial charge in [0.15, 0.2) is 5.13 Å². The molecule has 0 bridgehead atoms. The van der Waals surface area contributed by atoms with Crippen molar-refractivity contribution in [3.8, 4) is 0 Å². The van der Waals surface area contributed by atoms with Gasteiger partial charge < -0.3 is 14.4 Å². The molecule has 0 atom stereocenters. The molecule has 1 aromatic heterocycles. The number of amides is 1. The maximum Gasteiger partial charge on any atom is 0.396 e. The standard InChI is InChI=1S/C17H21N3O5S/c1-4-20(5-2)8-9-25-15(22)11-6-7-12-13(10-11)26-17(18-12)19-14(21)16(23)24-3/h6-7,10H,4-5,8-9H2,1-3H3,(H,18,19,21)/p+1. The number of nitrogens with one attached hydrogen (secondary N) is 2. The minimum atomic E-state index is -0.996. The molecule has 2 N–H and O–H groups in total. The van der Waals surface area contributed by atoms with E-state index in [1.165, 1.54) is 4.90 Å². The van der Waals surface area contributed by atoms with Crippen LogP contribution in [-0.4, -0.2) is 56.2 Å². The van der Waals surface area contributed by atoms with Crippen molar-refractivity contribution in [2.75, 3.05) is 38.7 Å². The van der Waals surface area contributed by atoms with Crippen LogP contribution < -0.4 is 10.2 Å². The summed E-state index contributed by atoms with van der Waals surface area (Å²) in [5.74, 6) is -2.29. The van der Waals surface area contributed by atoms with E-state index in [9.17, 15) is 14.4 Å². The van der Waals surface area contributed by atoms with Crippen molar-refractivity contribution in [3.63, 3.8) is 0 Å². The number of fused-ring (bicyclic) bond motifs is 1. The highest BCUT2D eigenvalue weighted by Gasteiger charge is 2.17. The third-order valence-corrected chi connectivity index (χ3v) is 4.84. The predicted octanol–water partition coefficient (Wildman–Crippen LogP) is 0.489. The number of carbonyl (C=O) groups excluding carboxylic acids is 3. The predicted molar refractivity (Wildman–Crippen MR) is 97.5 cm³/mol. The summed E-state index contributed by atoms with van der Waals surface area (Å²) in [5.41, 5.74) is 1.03. The molecule has 0 saturated carbocycles. The molecule has 1 heterocycles. The number of rotatable bonds is 7. The van der Waals surface area contributed by atoms with Crippen molar-refractivity contribution in [2.24, 2.45) is 0 Å². The molecule has 140 valence electrons. The minimum Gasteiger partial charge on any atom is -0.462 e. The van der Waals surface area contributed by atoms with Gasteiger partial charge in [-0.3, -0.25) is 10.1 Å². The minimum absolute atomic E-state index is 0.256. The fraction of sp³-hybridized carbons (Fsp3) is 0.412. The van der Waals surface area contributed by atoms with E-state index in [4.69, 9.17) is 4.74 Å². The van der Waals surface area contributed by atoms with E-state index in [-0.39, 0.29) is 5.13 Å². The molecule has 0 aliphatic heterocycles.